The van der Waals surface area contributed by atoms with Gasteiger partial charge in [0.05, 0.1) is 49.3 Å². The van der Waals surface area contributed by atoms with Gasteiger partial charge in [0.15, 0.2) is 27.8 Å². The fourth-order valence-corrected chi connectivity index (χ4v) is 6.07. The molecule has 9 nitrogen and oxygen atoms in total. The second-order valence-corrected chi connectivity index (χ2v) is 10.8. The third-order valence-electron chi connectivity index (χ3n) is 7.04. The lowest BCUT2D eigenvalue weighted by Gasteiger charge is -2.25. The molecule has 44 heavy (non-hydrogen) atoms. The number of benzene rings is 3. The van der Waals surface area contributed by atoms with E-state index in [9.17, 15) is 9.59 Å². The first-order valence-corrected chi connectivity index (χ1v) is 15.0. The van der Waals surface area contributed by atoms with E-state index in [2.05, 4.69) is 4.99 Å². The van der Waals surface area contributed by atoms with Crippen LogP contribution in [-0.4, -0.2) is 38.0 Å². The van der Waals surface area contributed by atoms with Gasteiger partial charge in [-0.15, -0.1) is 0 Å². The summed E-state index contributed by atoms with van der Waals surface area (Å²) in [5, 5.41) is 0. The summed E-state index contributed by atoms with van der Waals surface area (Å²) >= 11 is 1.25. The highest BCUT2D eigenvalue weighted by Crippen LogP contribution is 2.36. The topological polar surface area (TPSA) is 97.6 Å². The van der Waals surface area contributed by atoms with Crippen molar-refractivity contribution >= 4 is 23.4 Å². The summed E-state index contributed by atoms with van der Waals surface area (Å²) in [6.07, 6.45) is 1.79. The van der Waals surface area contributed by atoms with Gasteiger partial charge >= 0.3 is 5.97 Å². The van der Waals surface area contributed by atoms with E-state index in [0.717, 1.165) is 11.1 Å². The Kier molecular flexibility index (Phi) is 9.50. The molecule has 4 aromatic rings. The van der Waals surface area contributed by atoms with Crippen LogP contribution >= 0.6 is 11.3 Å². The van der Waals surface area contributed by atoms with Gasteiger partial charge in [-0.3, -0.25) is 9.36 Å². The number of carbonyl (C=O) groups excluding carboxylic acids is 1. The van der Waals surface area contributed by atoms with Crippen LogP contribution in [0.4, 0.5) is 0 Å². The number of fused-ring (bicyclic) bond motifs is 1. The molecule has 5 rings (SSSR count). The number of carbonyl (C=O) groups is 1. The largest absolute Gasteiger partial charge is 0.493 e. The minimum absolute atomic E-state index is 0.187. The van der Waals surface area contributed by atoms with Crippen molar-refractivity contribution in [3.63, 3.8) is 0 Å². The molecule has 0 aliphatic carbocycles. The van der Waals surface area contributed by atoms with Crippen LogP contribution in [0.1, 0.15) is 43.5 Å². The van der Waals surface area contributed by atoms with Gasteiger partial charge in [0, 0.05) is 0 Å². The van der Waals surface area contributed by atoms with E-state index in [1.807, 2.05) is 61.5 Å². The first-order valence-electron chi connectivity index (χ1n) is 14.2. The minimum Gasteiger partial charge on any atom is -0.493 e. The molecule has 2 heterocycles. The van der Waals surface area contributed by atoms with Crippen LogP contribution < -0.4 is 33.8 Å². The van der Waals surface area contributed by atoms with Crippen molar-refractivity contribution in [1.82, 2.24) is 4.57 Å². The number of hydrogen-bond donors (Lipinski definition) is 0. The van der Waals surface area contributed by atoms with Crippen molar-refractivity contribution in [2.75, 3.05) is 27.4 Å². The molecule has 3 aromatic carbocycles. The highest BCUT2D eigenvalue weighted by atomic mass is 32.1. The van der Waals surface area contributed by atoms with Crippen LogP contribution in [0.3, 0.4) is 0 Å². The molecule has 0 amide bonds. The number of nitrogens with zero attached hydrogens (tertiary/aromatic N) is 2. The van der Waals surface area contributed by atoms with Crippen LogP contribution in [0.2, 0.25) is 0 Å². The molecule has 1 aromatic heterocycles. The molecule has 0 saturated carbocycles. The van der Waals surface area contributed by atoms with Crippen LogP contribution in [0.5, 0.6) is 23.0 Å². The maximum atomic E-state index is 14.0. The standard InChI is InChI=1S/C34H34N2O7S/c1-6-41-28-19-24(14-16-25(28)39-4)31-30(33(38)42-7-2)21(3)35-34-36(31)32(37)29(44-34)18-23-13-15-26(27(17-23)40-5)43-20-22-11-9-8-10-12-22/h8-19,31H,6-7,20H2,1-5H3/b29-18-/t31-/m1/s1. The number of methoxy groups -OCH3 is 2. The maximum Gasteiger partial charge on any atom is 0.338 e. The molecular formula is C34H34N2O7S. The Labute approximate surface area is 259 Å². The van der Waals surface area contributed by atoms with Crippen molar-refractivity contribution in [2.45, 2.75) is 33.4 Å². The van der Waals surface area contributed by atoms with Crippen molar-refractivity contribution in [1.29, 1.82) is 0 Å². The average Bonchev–Trinajstić information content (AvgIpc) is 3.33. The lowest BCUT2D eigenvalue weighted by atomic mass is 9.95. The number of hydrogen-bond acceptors (Lipinski definition) is 9. The number of rotatable bonds is 11. The average molecular weight is 615 g/mol. The molecule has 0 radical (unpaired) electrons. The smallest absolute Gasteiger partial charge is 0.338 e. The first kappa shape index (κ1) is 30.6. The zero-order chi connectivity index (χ0) is 31.2. The van der Waals surface area contributed by atoms with E-state index in [0.29, 0.717) is 62.4 Å². The van der Waals surface area contributed by atoms with Crippen LogP contribution in [-0.2, 0) is 16.1 Å². The van der Waals surface area contributed by atoms with Gasteiger partial charge in [0.2, 0.25) is 0 Å². The summed E-state index contributed by atoms with van der Waals surface area (Å²) in [6.45, 7) is 6.37. The third kappa shape index (κ3) is 6.26. The predicted octanol–water partition coefficient (Wildman–Crippen LogP) is 4.79. The Morgan fingerprint density at radius 2 is 1.66 bits per heavy atom. The third-order valence-corrected chi connectivity index (χ3v) is 8.03. The van der Waals surface area contributed by atoms with Gasteiger partial charge in [0.1, 0.15) is 6.61 Å². The molecule has 0 spiro atoms. The molecule has 228 valence electrons. The Bertz CT molecular complexity index is 1880. The summed E-state index contributed by atoms with van der Waals surface area (Å²) in [4.78, 5) is 32.4. The lowest BCUT2D eigenvalue weighted by molar-refractivity contribution is -0.139. The number of esters is 1. The zero-order valence-corrected chi connectivity index (χ0v) is 26.1. The highest BCUT2D eigenvalue weighted by molar-refractivity contribution is 7.07. The van der Waals surface area contributed by atoms with E-state index in [1.165, 1.54) is 11.3 Å². The quantitative estimate of drug-likeness (QED) is 0.224. The summed E-state index contributed by atoms with van der Waals surface area (Å²) in [6, 6.07) is 20.0. The van der Waals surface area contributed by atoms with Crippen LogP contribution in [0, 0.1) is 0 Å². The summed E-state index contributed by atoms with van der Waals surface area (Å²) in [7, 11) is 3.14. The lowest BCUT2D eigenvalue weighted by Crippen LogP contribution is -2.40. The second kappa shape index (κ2) is 13.6. The van der Waals surface area contributed by atoms with E-state index in [4.69, 9.17) is 23.7 Å². The molecule has 1 aliphatic heterocycles. The molecule has 0 unspecified atom stereocenters. The molecule has 1 atom stereocenters. The number of thiazole rings is 1. The minimum atomic E-state index is -0.777. The maximum absolute atomic E-state index is 14.0. The number of allylic oxidation sites excluding steroid dienone is 1. The van der Waals surface area contributed by atoms with Crippen LogP contribution in [0.15, 0.2) is 87.8 Å². The molecular weight excluding hydrogens is 580 g/mol. The van der Waals surface area contributed by atoms with E-state index in [-0.39, 0.29) is 12.2 Å². The van der Waals surface area contributed by atoms with Gasteiger partial charge in [-0.1, -0.05) is 53.8 Å². The summed E-state index contributed by atoms with van der Waals surface area (Å²) in [5.74, 6) is 1.66. The molecule has 10 heteroatoms. The second-order valence-electron chi connectivity index (χ2n) is 9.83. The Morgan fingerprint density at radius 3 is 2.36 bits per heavy atom. The first-order chi connectivity index (χ1) is 21.4. The van der Waals surface area contributed by atoms with E-state index < -0.39 is 12.0 Å². The number of aromatic nitrogens is 1. The van der Waals surface area contributed by atoms with Gasteiger partial charge in [-0.05, 0) is 67.8 Å². The predicted molar refractivity (Wildman–Crippen MR) is 168 cm³/mol. The molecule has 0 N–H and O–H groups in total. The van der Waals surface area contributed by atoms with E-state index in [1.54, 1.807) is 50.8 Å². The SMILES string of the molecule is CCOC(=O)C1=C(C)N=c2s/c(=C\c3ccc(OCc4ccccc4)c(OC)c3)c(=O)n2[C@@H]1c1ccc(OC)c(OCC)c1. The van der Waals surface area contributed by atoms with Crippen molar-refractivity contribution < 1.29 is 28.5 Å². The van der Waals surface area contributed by atoms with Crippen molar-refractivity contribution in [3.8, 4) is 23.0 Å². The van der Waals surface area contributed by atoms with Gasteiger partial charge in [-0.2, -0.15) is 0 Å². The summed E-state index contributed by atoms with van der Waals surface area (Å²) in [5.41, 5.74) is 2.94. The molecule has 0 bridgehead atoms. The summed E-state index contributed by atoms with van der Waals surface area (Å²) < 4.78 is 30.3. The van der Waals surface area contributed by atoms with E-state index >= 15 is 0 Å². The number of ether oxygens (including phenoxy) is 5. The van der Waals surface area contributed by atoms with Crippen molar-refractivity contribution in [2.24, 2.45) is 4.99 Å². The zero-order valence-electron chi connectivity index (χ0n) is 25.3. The molecule has 1 aliphatic rings. The highest BCUT2D eigenvalue weighted by Gasteiger charge is 2.34. The Hall–Kier alpha value is -4.83. The molecule has 0 saturated heterocycles. The monoisotopic (exact) mass is 614 g/mol. The normalized spacial score (nSPS) is 14.5. The molecule has 0 fully saturated rings. The van der Waals surface area contributed by atoms with Crippen LogP contribution in [0.25, 0.3) is 6.08 Å². The fraction of sp³-hybridized carbons (Fsp3) is 0.265. The Morgan fingerprint density at radius 1 is 0.909 bits per heavy atom. The van der Waals surface area contributed by atoms with Gasteiger partial charge in [-0.25, -0.2) is 9.79 Å². The van der Waals surface area contributed by atoms with Gasteiger partial charge in [0.25, 0.3) is 5.56 Å². The van der Waals surface area contributed by atoms with Gasteiger partial charge < -0.3 is 23.7 Å². The fourth-order valence-electron chi connectivity index (χ4n) is 5.02. The Balaban J connectivity index is 1.58. The van der Waals surface area contributed by atoms with Crippen molar-refractivity contribution in [3.05, 3.63) is 114 Å².